The molecule has 5 rings (SSSR count). The number of benzene rings is 3. The number of phenolic OH excluding ortho intramolecular Hbond substituents is 1. The van der Waals surface area contributed by atoms with Crippen molar-refractivity contribution in [3.8, 4) is 5.75 Å². The Hall–Kier alpha value is -2.43. The molecular weight excluding hydrogens is 340 g/mol. The maximum atomic E-state index is 10.5. The number of aromatic nitrogens is 1. The van der Waals surface area contributed by atoms with Crippen LogP contribution >= 0.6 is 11.3 Å². The number of nitrogens with zero attached hydrogens (tertiary/aromatic N) is 1. The number of rotatable bonds is 3. The van der Waals surface area contributed by atoms with E-state index >= 15 is 0 Å². The highest BCUT2D eigenvalue weighted by atomic mass is 32.1. The van der Waals surface area contributed by atoms with Gasteiger partial charge in [-0.25, -0.2) is 4.98 Å². The molecule has 0 spiro atoms. The average Bonchev–Trinajstić information content (AvgIpc) is 3.30. The Labute approximate surface area is 156 Å². The number of phenols is 1. The van der Waals surface area contributed by atoms with Gasteiger partial charge >= 0.3 is 0 Å². The maximum absolute atomic E-state index is 10.5. The lowest BCUT2D eigenvalue weighted by atomic mass is 10.0. The van der Waals surface area contributed by atoms with Gasteiger partial charge in [0.15, 0.2) is 5.01 Å². The molecule has 1 unspecified atom stereocenters. The molecule has 2 atom stereocenters. The van der Waals surface area contributed by atoms with Crippen molar-refractivity contribution in [1.29, 1.82) is 0 Å². The molecule has 0 amide bonds. The minimum atomic E-state index is 0.408. The smallest absolute Gasteiger partial charge is 0.151 e. The molecule has 2 heterocycles. The quantitative estimate of drug-likeness (QED) is 0.577. The first kappa shape index (κ1) is 15.8. The van der Waals surface area contributed by atoms with Crippen molar-refractivity contribution < 1.29 is 10.0 Å². The maximum Gasteiger partial charge on any atom is 0.151 e. The van der Waals surface area contributed by atoms with Crippen LogP contribution in [0.15, 0.2) is 60.7 Å². The Bertz CT molecular complexity index is 1050. The van der Waals surface area contributed by atoms with Gasteiger partial charge in [0.25, 0.3) is 0 Å². The van der Waals surface area contributed by atoms with E-state index in [0.29, 0.717) is 11.8 Å². The van der Waals surface area contributed by atoms with Crippen LogP contribution in [0.5, 0.6) is 5.75 Å². The molecule has 1 aliphatic heterocycles. The van der Waals surface area contributed by atoms with Gasteiger partial charge in [0, 0.05) is 12.8 Å². The highest BCUT2D eigenvalue weighted by Crippen LogP contribution is 2.31. The van der Waals surface area contributed by atoms with Gasteiger partial charge in [-0.1, -0.05) is 42.5 Å². The topological polar surface area (TPSA) is 37.6 Å². The molecule has 130 valence electrons. The van der Waals surface area contributed by atoms with Crippen LogP contribution in [-0.4, -0.2) is 16.6 Å². The van der Waals surface area contributed by atoms with E-state index in [4.69, 9.17) is 4.98 Å². The SMILES string of the molecule is Oc1ccc2ccccc2c1C[NH+]1CCC[C@@H]1c1nc2ccccc2s1. The minimum Gasteiger partial charge on any atom is -0.507 e. The van der Waals surface area contributed by atoms with Crippen LogP contribution in [0.25, 0.3) is 21.0 Å². The molecule has 0 bridgehead atoms. The van der Waals surface area contributed by atoms with E-state index in [2.05, 4.69) is 48.5 Å². The van der Waals surface area contributed by atoms with Crippen molar-refractivity contribution in [1.82, 2.24) is 4.98 Å². The fourth-order valence-corrected chi connectivity index (χ4v) is 5.36. The molecule has 1 fully saturated rings. The van der Waals surface area contributed by atoms with E-state index in [9.17, 15) is 5.11 Å². The Morgan fingerprint density at radius 2 is 1.88 bits per heavy atom. The van der Waals surface area contributed by atoms with E-state index in [1.54, 1.807) is 0 Å². The Balaban J connectivity index is 1.51. The van der Waals surface area contributed by atoms with Gasteiger partial charge in [0.1, 0.15) is 18.3 Å². The number of nitrogens with one attached hydrogen (secondary N) is 1. The summed E-state index contributed by atoms with van der Waals surface area (Å²) in [5.74, 6) is 0.408. The van der Waals surface area contributed by atoms with E-state index in [1.807, 2.05) is 23.5 Å². The molecule has 3 nitrogen and oxygen atoms in total. The summed E-state index contributed by atoms with van der Waals surface area (Å²) in [4.78, 5) is 6.42. The normalized spacial score (nSPS) is 20.2. The molecule has 3 aromatic carbocycles. The van der Waals surface area contributed by atoms with Gasteiger partial charge in [-0.05, 0) is 29.0 Å². The van der Waals surface area contributed by atoms with E-state index < -0.39 is 0 Å². The summed E-state index contributed by atoms with van der Waals surface area (Å²) in [6.45, 7) is 1.97. The van der Waals surface area contributed by atoms with Gasteiger partial charge in [-0.2, -0.15) is 0 Å². The van der Waals surface area contributed by atoms with Crippen LogP contribution in [0.3, 0.4) is 0 Å². The first-order valence-corrected chi connectivity index (χ1v) is 10.0. The minimum absolute atomic E-state index is 0.408. The van der Waals surface area contributed by atoms with Gasteiger partial charge in [-0.3, -0.25) is 0 Å². The molecular formula is C22H21N2OS+. The predicted octanol–water partition coefficient (Wildman–Crippen LogP) is 4.08. The summed E-state index contributed by atoms with van der Waals surface area (Å²) in [5.41, 5.74) is 2.16. The third-order valence-corrected chi connectivity index (χ3v) is 6.66. The van der Waals surface area contributed by atoms with Crippen LogP contribution in [-0.2, 0) is 6.54 Å². The third kappa shape index (κ3) is 2.66. The zero-order valence-electron chi connectivity index (χ0n) is 14.5. The summed E-state index contributed by atoms with van der Waals surface area (Å²) < 4.78 is 1.27. The molecule has 1 saturated heterocycles. The summed E-state index contributed by atoms with van der Waals surface area (Å²) in [5, 5.41) is 14.1. The molecule has 1 aromatic heterocycles. The number of aromatic hydroxyl groups is 1. The highest BCUT2D eigenvalue weighted by molar-refractivity contribution is 7.18. The molecule has 4 heteroatoms. The van der Waals surface area contributed by atoms with Crippen LogP contribution in [0.4, 0.5) is 0 Å². The first-order chi connectivity index (χ1) is 12.8. The summed E-state index contributed by atoms with van der Waals surface area (Å²) in [6.07, 6.45) is 2.38. The lowest BCUT2D eigenvalue weighted by Gasteiger charge is -2.21. The number of likely N-dealkylation sites (tertiary alicyclic amines) is 1. The van der Waals surface area contributed by atoms with E-state index in [-0.39, 0.29) is 0 Å². The second-order valence-corrected chi connectivity index (χ2v) is 8.15. The van der Waals surface area contributed by atoms with Gasteiger partial charge in [-0.15, -0.1) is 11.3 Å². The largest absolute Gasteiger partial charge is 0.507 e. The fraction of sp³-hybridized carbons (Fsp3) is 0.227. The molecule has 0 aliphatic carbocycles. The average molecular weight is 361 g/mol. The fourth-order valence-electron chi connectivity index (χ4n) is 4.20. The van der Waals surface area contributed by atoms with Crippen molar-refractivity contribution in [3.63, 3.8) is 0 Å². The third-order valence-electron chi connectivity index (χ3n) is 5.51. The summed E-state index contributed by atoms with van der Waals surface area (Å²) in [6, 6.07) is 21.0. The molecule has 0 radical (unpaired) electrons. The Morgan fingerprint density at radius 3 is 2.81 bits per heavy atom. The molecule has 4 aromatic rings. The Morgan fingerprint density at radius 1 is 1.04 bits per heavy atom. The lowest BCUT2D eigenvalue weighted by molar-refractivity contribution is -0.931. The predicted molar refractivity (Wildman–Crippen MR) is 107 cm³/mol. The zero-order chi connectivity index (χ0) is 17.5. The second-order valence-electron chi connectivity index (χ2n) is 7.08. The van der Waals surface area contributed by atoms with E-state index in [0.717, 1.165) is 29.6 Å². The van der Waals surface area contributed by atoms with Crippen LogP contribution < -0.4 is 4.90 Å². The number of para-hydroxylation sites is 1. The van der Waals surface area contributed by atoms with Crippen LogP contribution in [0.2, 0.25) is 0 Å². The van der Waals surface area contributed by atoms with Crippen molar-refractivity contribution in [2.24, 2.45) is 0 Å². The molecule has 2 N–H and O–H groups in total. The number of quaternary nitrogens is 1. The van der Waals surface area contributed by atoms with E-state index in [1.165, 1.54) is 32.8 Å². The molecule has 1 aliphatic rings. The Kier molecular flexibility index (Phi) is 3.88. The zero-order valence-corrected chi connectivity index (χ0v) is 15.3. The van der Waals surface area contributed by atoms with Gasteiger partial charge in [0.05, 0.1) is 22.3 Å². The van der Waals surface area contributed by atoms with Crippen molar-refractivity contribution in [2.75, 3.05) is 6.54 Å². The lowest BCUT2D eigenvalue weighted by Crippen LogP contribution is -3.08. The van der Waals surface area contributed by atoms with Gasteiger partial charge in [0.2, 0.25) is 0 Å². The monoisotopic (exact) mass is 361 g/mol. The van der Waals surface area contributed by atoms with Crippen molar-refractivity contribution >= 4 is 32.3 Å². The summed E-state index contributed by atoms with van der Waals surface area (Å²) in [7, 11) is 0. The number of fused-ring (bicyclic) bond motifs is 2. The van der Waals surface area contributed by atoms with Crippen molar-refractivity contribution in [2.45, 2.75) is 25.4 Å². The number of thiazole rings is 1. The summed E-state index contributed by atoms with van der Waals surface area (Å²) >= 11 is 1.82. The van der Waals surface area contributed by atoms with Crippen LogP contribution in [0.1, 0.15) is 29.5 Å². The molecule has 26 heavy (non-hydrogen) atoms. The number of hydrogen-bond donors (Lipinski definition) is 2. The standard InChI is InChI=1S/C22H20N2OS/c25-20-12-11-15-6-1-2-7-16(15)17(20)14-24-13-5-9-19(24)22-23-18-8-3-4-10-21(18)26-22/h1-4,6-8,10-12,19,25H,5,9,13-14H2/p+1/t19-/m1/s1. The number of hydrogen-bond acceptors (Lipinski definition) is 3. The first-order valence-electron chi connectivity index (χ1n) is 9.19. The highest BCUT2D eigenvalue weighted by Gasteiger charge is 2.33. The molecule has 0 saturated carbocycles. The van der Waals surface area contributed by atoms with Gasteiger partial charge < -0.3 is 10.0 Å². The van der Waals surface area contributed by atoms with Crippen molar-refractivity contribution in [3.05, 3.63) is 71.2 Å². The second kappa shape index (κ2) is 6.38. The van der Waals surface area contributed by atoms with Crippen LogP contribution in [0, 0.1) is 0 Å².